The van der Waals surface area contributed by atoms with Gasteiger partial charge in [-0.3, -0.25) is 9.36 Å². The van der Waals surface area contributed by atoms with Crippen LogP contribution in [0.5, 0.6) is 0 Å². The molecule has 0 radical (unpaired) electrons. The highest BCUT2D eigenvalue weighted by atomic mass is 32.2. The van der Waals surface area contributed by atoms with Gasteiger partial charge in [0.25, 0.3) is 0 Å². The van der Waals surface area contributed by atoms with Crippen LogP contribution in [0.15, 0.2) is 41.8 Å². The van der Waals surface area contributed by atoms with E-state index >= 15 is 0 Å². The number of aromatic nitrogens is 3. The first-order valence-electron chi connectivity index (χ1n) is 10.3. The van der Waals surface area contributed by atoms with Crippen LogP contribution in [0.2, 0.25) is 0 Å². The van der Waals surface area contributed by atoms with Gasteiger partial charge in [0.1, 0.15) is 0 Å². The molecular formula is C23H27N3O3S2. The molecule has 3 heterocycles. The van der Waals surface area contributed by atoms with Gasteiger partial charge in [-0.1, -0.05) is 29.5 Å². The average molecular weight is 458 g/mol. The molecule has 1 saturated heterocycles. The summed E-state index contributed by atoms with van der Waals surface area (Å²) in [5.74, 6) is 0.670. The second-order valence-corrected chi connectivity index (χ2v) is 11.5. The number of carbonyl (C=O) groups is 1. The lowest BCUT2D eigenvalue weighted by molar-refractivity contribution is 0.102. The number of imidazole rings is 1. The zero-order valence-electron chi connectivity index (χ0n) is 18.3. The van der Waals surface area contributed by atoms with Crippen molar-refractivity contribution in [2.75, 3.05) is 17.3 Å². The minimum atomic E-state index is -2.99. The molecule has 1 atom stereocenters. The number of benzene rings is 1. The number of hydrogen-bond donors (Lipinski definition) is 0. The summed E-state index contributed by atoms with van der Waals surface area (Å²) in [6, 6.07) is 8.08. The van der Waals surface area contributed by atoms with Gasteiger partial charge in [-0.05, 0) is 51.8 Å². The van der Waals surface area contributed by atoms with Gasteiger partial charge in [0.05, 0.1) is 22.9 Å². The zero-order chi connectivity index (χ0) is 22.3. The number of Topliss-reactive ketones (excluding diaryl/α,β-unsaturated/α-hetero) is 1. The topological polar surface area (TPSA) is 74.0 Å². The molecule has 1 aromatic carbocycles. The van der Waals surface area contributed by atoms with Crippen molar-refractivity contribution in [3.63, 3.8) is 0 Å². The number of carbonyl (C=O) groups excluding carboxylic acids is 1. The molecule has 164 valence electrons. The fourth-order valence-corrected chi connectivity index (χ4v) is 7.01. The van der Waals surface area contributed by atoms with Crippen LogP contribution >= 0.6 is 11.8 Å². The van der Waals surface area contributed by atoms with E-state index in [-0.39, 0.29) is 29.1 Å². The van der Waals surface area contributed by atoms with E-state index in [1.165, 1.54) is 17.3 Å². The van der Waals surface area contributed by atoms with Crippen molar-refractivity contribution in [2.45, 2.75) is 45.3 Å². The molecular weight excluding hydrogens is 430 g/mol. The Hall–Kier alpha value is -2.32. The van der Waals surface area contributed by atoms with Crippen LogP contribution in [0.1, 0.15) is 45.3 Å². The van der Waals surface area contributed by atoms with Crippen LogP contribution in [0, 0.1) is 27.7 Å². The van der Waals surface area contributed by atoms with Crippen LogP contribution in [-0.4, -0.2) is 45.6 Å². The molecule has 0 aliphatic carbocycles. The molecule has 2 aromatic heterocycles. The van der Waals surface area contributed by atoms with Crippen LogP contribution in [0.4, 0.5) is 0 Å². The molecule has 0 bridgehead atoms. The van der Waals surface area contributed by atoms with Crippen LogP contribution in [0.25, 0.3) is 5.69 Å². The molecule has 6 nitrogen and oxygen atoms in total. The SMILES string of the molecule is Cc1ccc(-n2ccnc2SCC(=O)c2cc(C)n(C3CCS(=O)(=O)C3)c2C)c(C)c1. The van der Waals surface area contributed by atoms with Crippen molar-refractivity contribution in [1.29, 1.82) is 0 Å². The Bertz CT molecular complexity index is 1260. The zero-order valence-corrected chi connectivity index (χ0v) is 19.9. The van der Waals surface area contributed by atoms with E-state index in [0.29, 0.717) is 12.0 Å². The summed E-state index contributed by atoms with van der Waals surface area (Å²) in [6.07, 6.45) is 4.27. The molecule has 4 rings (SSSR count). The van der Waals surface area contributed by atoms with E-state index in [1.807, 2.05) is 35.2 Å². The van der Waals surface area contributed by atoms with Crippen LogP contribution in [0.3, 0.4) is 0 Å². The van der Waals surface area contributed by atoms with Crippen molar-refractivity contribution in [3.8, 4) is 5.69 Å². The van der Waals surface area contributed by atoms with E-state index in [9.17, 15) is 13.2 Å². The first kappa shape index (κ1) is 21.9. The maximum Gasteiger partial charge on any atom is 0.175 e. The molecule has 0 saturated carbocycles. The second kappa shape index (κ2) is 8.31. The monoisotopic (exact) mass is 457 g/mol. The summed E-state index contributed by atoms with van der Waals surface area (Å²) < 4.78 is 27.9. The van der Waals surface area contributed by atoms with Gasteiger partial charge in [-0.25, -0.2) is 13.4 Å². The molecule has 1 aliphatic heterocycles. The third-order valence-electron chi connectivity index (χ3n) is 5.91. The highest BCUT2D eigenvalue weighted by Gasteiger charge is 2.31. The normalized spacial score (nSPS) is 17.9. The lowest BCUT2D eigenvalue weighted by Crippen LogP contribution is -2.14. The van der Waals surface area contributed by atoms with Gasteiger partial charge in [-0.2, -0.15) is 0 Å². The van der Waals surface area contributed by atoms with Gasteiger partial charge in [-0.15, -0.1) is 0 Å². The fourth-order valence-electron chi connectivity index (χ4n) is 4.46. The minimum Gasteiger partial charge on any atom is -0.344 e. The van der Waals surface area contributed by atoms with E-state index < -0.39 is 9.84 Å². The summed E-state index contributed by atoms with van der Waals surface area (Å²) in [4.78, 5) is 17.5. The molecule has 31 heavy (non-hydrogen) atoms. The van der Waals surface area contributed by atoms with Crippen molar-refractivity contribution in [2.24, 2.45) is 0 Å². The van der Waals surface area contributed by atoms with Gasteiger partial charge in [0, 0.05) is 35.4 Å². The maximum atomic E-state index is 13.0. The van der Waals surface area contributed by atoms with Crippen molar-refractivity contribution < 1.29 is 13.2 Å². The first-order valence-corrected chi connectivity index (χ1v) is 13.1. The smallest absolute Gasteiger partial charge is 0.175 e. The third kappa shape index (κ3) is 4.36. The molecule has 0 spiro atoms. The summed E-state index contributed by atoms with van der Waals surface area (Å²) in [5.41, 5.74) is 5.86. The van der Waals surface area contributed by atoms with E-state index in [1.54, 1.807) is 6.20 Å². The molecule has 3 aromatic rings. The van der Waals surface area contributed by atoms with Crippen molar-refractivity contribution >= 4 is 27.4 Å². The molecule has 1 unspecified atom stereocenters. The first-order chi connectivity index (χ1) is 14.7. The molecule has 0 amide bonds. The second-order valence-electron chi connectivity index (χ2n) is 8.29. The third-order valence-corrected chi connectivity index (χ3v) is 8.63. The van der Waals surface area contributed by atoms with Gasteiger partial charge >= 0.3 is 0 Å². The Labute approximate surface area is 187 Å². The number of ketones is 1. The van der Waals surface area contributed by atoms with Crippen LogP contribution in [-0.2, 0) is 9.84 Å². The van der Waals surface area contributed by atoms with Gasteiger partial charge < -0.3 is 4.57 Å². The lowest BCUT2D eigenvalue weighted by Gasteiger charge is -2.16. The summed E-state index contributed by atoms with van der Waals surface area (Å²) >= 11 is 1.42. The summed E-state index contributed by atoms with van der Waals surface area (Å²) in [5, 5.41) is 0.774. The van der Waals surface area contributed by atoms with Crippen molar-refractivity contribution in [3.05, 3.63) is 64.7 Å². The Kier molecular flexibility index (Phi) is 5.87. The highest BCUT2D eigenvalue weighted by Crippen LogP contribution is 2.30. The maximum absolute atomic E-state index is 13.0. The summed E-state index contributed by atoms with van der Waals surface area (Å²) in [6.45, 7) is 7.98. The standard InChI is InChI=1S/C23H27N3O3S2/c1-15-5-6-21(16(2)11-15)25-9-8-24-23(25)30-13-22(27)20-12-17(3)26(18(20)4)19-7-10-31(28,29)14-19/h5-6,8-9,11-12,19H,7,10,13-14H2,1-4H3. The quantitative estimate of drug-likeness (QED) is 0.409. The fraction of sp³-hybridized carbons (Fsp3) is 0.391. The van der Waals surface area contributed by atoms with Crippen molar-refractivity contribution in [1.82, 2.24) is 14.1 Å². The Balaban J connectivity index is 1.52. The Morgan fingerprint density at radius 1 is 1.19 bits per heavy atom. The number of nitrogens with zero attached hydrogens (tertiary/aromatic N) is 3. The Morgan fingerprint density at radius 2 is 1.97 bits per heavy atom. The van der Waals surface area contributed by atoms with Gasteiger partial charge in [0.15, 0.2) is 20.8 Å². The lowest BCUT2D eigenvalue weighted by atomic mass is 10.1. The number of thioether (sulfide) groups is 1. The van der Waals surface area contributed by atoms with E-state index in [2.05, 4.69) is 37.0 Å². The molecule has 8 heteroatoms. The molecule has 1 aliphatic rings. The summed E-state index contributed by atoms with van der Waals surface area (Å²) in [7, 11) is -2.99. The van der Waals surface area contributed by atoms with E-state index in [0.717, 1.165) is 27.8 Å². The van der Waals surface area contributed by atoms with E-state index in [4.69, 9.17) is 0 Å². The predicted molar refractivity (Wildman–Crippen MR) is 124 cm³/mol. The Morgan fingerprint density at radius 3 is 2.65 bits per heavy atom. The highest BCUT2D eigenvalue weighted by molar-refractivity contribution is 7.99. The molecule has 0 N–H and O–H groups in total. The number of rotatable bonds is 6. The average Bonchev–Trinajstić information content (AvgIpc) is 3.37. The molecule has 1 fully saturated rings. The van der Waals surface area contributed by atoms with Gasteiger partial charge in [0.2, 0.25) is 0 Å². The predicted octanol–water partition coefficient (Wildman–Crippen LogP) is 4.24. The number of aryl methyl sites for hydroxylation is 3. The minimum absolute atomic E-state index is 0.0281. The largest absolute Gasteiger partial charge is 0.344 e. The number of sulfone groups is 1. The number of hydrogen-bond acceptors (Lipinski definition) is 5. The van der Waals surface area contributed by atoms with Crippen LogP contribution < -0.4 is 0 Å².